The lowest BCUT2D eigenvalue weighted by atomic mass is 9.90. The average Bonchev–Trinajstić information content (AvgIpc) is 2.86. The van der Waals surface area contributed by atoms with Crippen LogP contribution in [0.25, 0.3) is 0 Å². The monoisotopic (exact) mass is 286 g/mol. The normalized spacial score (nSPS) is 30.7. The van der Waals surface area contributed by atoms with E-state index in [9.17, 15) is 4.79 Å². The van der Waals surface area contributed by atoms with E-state index >= 15 is 0 Å². The van der Waals surface area contributed by atoms with E-state index in [2.05, 4.69) is 5.32 Å². The summed E-state index contributed by atoms with van der Waals surface area (Å²) in [4.78, 5) is 13.9. The molecule has 1 amide bonds. The molecule has 0 saturated carbocycles. The van der Waals surface area contributed by atoms with E-state index in [0.717, 1.165) is 38.3 Å². The van der Waals surface area contributed by atoms with Gasteiger partial charge in [0.05, 0.1) is 12.1 Å². The van der Waals surface area contributed by atoms with Gasteiger partial charge in [-0.1, -0.05) is 0 Å². The van der Waals surface area contributed by atoms with Crippen LogP contribution >= 0.6 is 11.8 Å². The molecule has 19 heavy (non-hydrogen) atoms. The molecular formula is C14H26N2O2S. The molecular weight excluding hydrogens is 260 g/mol. The minimum atomic E-state index is 0.0961. The van der Waals surface area contributed by atoms with E-state index in [1.807, 2.05) is 30.5 Å². The number of hydrogen-bond acceptors (Lipinski definition) is 4. The summed E-state index contributed by atoms with van der Waals surface area (Å²) in [5.41, 5.74) is 0.0961. The van der Waals surface area contributed by atoms with Gasteiger partial charge in [-0.05, 0) is 38.9 Å². The molecule has 2 saturated heterocycles. The van der Waals surface area contributed by atoms with Crippen molar-refractivity contribution in [2.45, 2.75) is 44.8 Å². The number of carbonyl (C=O) groups is 1. The summed E-state index contributed by atoms with van der Waals surface area (Å²) in [7, 11) is 0. The van der Waals surface area contributed by atoms with Crippen molar-refractivity contribution < 1.29 is 9.53 Å². The van der Waals surface area contributed by atoms with Crippen LogP contribution in [0.4, 0.5) is 0 Å². The molecule has 110 valence electrons. The zero-order chi connectivity index (χ0) is 13.7. The zero-order valence-electron chi connectivity index (χ0n) is 12.1. The molecule has 0 bridgehead atoms. The first-order chi connectivity index (χ1) is 9.19. The van der Waals surface area contributed by atoms with E-state index in [1.54, 1.807) is 0 Å². The molecule has 4 nitrogen and oxygen atoms in total. The van der Waals surface area contributed by atoms with Crippen LogP contribution in [0.1, 0.15) is 33.1 Å². The molecule has 0 aromatic rings. The number of ether oxygens (including phenoxy) is 1. The van der Waals surface area contributed by atoms with Crippen molar-refractivity contribution in [3.05, 3.63) is 0 Å². The Morgan fingerprint density at radius 1 is 1.47 bits per heavy atom. The summed E-state index contributed by atoms with van der Waals surface area (Å²) in [6.45, 7) is 6.95. The highest BCUT2D eigenvalue weighted by Crippen LogP contribution is 2.38. The summed E-state index contributed by atoms with van der Waals surface area (Å²) in [5.74, 6) is 2.55. The molecule has 2 aliphatic heterocycles. The lowest BCUT2D eigenvalue weighted by molar-refractivity contribution is -0.130. The number of rotatable bonds is 5. The Morgan fingerprint density at radius 2 is 2.26 bits per heavy atom. The van der Waals surface area contributed by atoms with E-state index < -0.39 is 0 Å². The average molecular weight is 286 g/mol. The molecule has 1 N–H and O–H groups in total. The second kappa shape index (κ2) is 6.95. The van der Waals surface area contributed by atoms with Crippen LogP contribution in [0.3, 0.4) is 0 Å². The van der Waals surface area contributed by atoms with Crippen molar-refractivity contribution in [3.63, 3.8) is 0 Å². The van der Waals surface area contributed by atoms with Crippen molar-refractivity contribution in [2.75, 3.05) is 37.7 Å². The maximum absolute atomic E-state index is 12.0. The van der Waals surface area contributed by atoms with Crippen LogP contribution < -0.4 is 5.32 Å². The predicted molar refractivity (Wildman–Crippen MR) is 79.6 cm³/mol. The number of amides is 1. The van der Waals surface area contributed by atoms with E-state index in [4.69, 9.17) is 4.74 Å². The van der Waals surface area contributed by atoms with Gasteiger partial charge in [0.2, 0.25) is 5.91 Å². The van der Waals surface area contributed by atoms with Gasteiger partial charge >= 0.3 is 0 Å². The molecule has 2 aliphatic rings. The molecule has 0 aliphatic carbocycles. The third kappa shape index (κ3) is 3.86. The van der Waals surface area contributed by atoms with Crippen molar-refractivity contribution in [1.29, 1.82) is 0 Å². The number of thioether (sulfide) groups is 1. The van der Waals surface area contributed by atoms with E-state index in [0.29, 0.717) is 12.6 Å². The molecule has 2 unspecified atom stereocenters. The molecule has 0 aromatic heterocycles. The van der Waals surface area contributed by atoms with Crippen molar-refractivity contribution in [3.8, 4) is 0 Å². The smallest absolute Gasteiger partial charge is 0.236 e. The summed E-state index contributed by atoms with van der Waals surface area (Å²) in [6.07, 6.45) is 3.25. The number of nitrogens with zero attached hydrogens (tertiary/aromatic N) is 1. The SMILES string of the molecule is CCN(CC)C(=O)CNC1CCOC2(CCSC2)C1. The fourth-order valence-corrected chi connectivity index (χ4v) is 4.36. The first-order valence-electron chi connectivity index (χ1n) is 7.42. The van der Waals surface area contributed by atoms with Gasteiger partial charge in [-0.3, -0.25) is 4.79 Å². The molecule has 2 fully saturated rings. The largest absolute Gasteiger partial charge is 0.374 e. The van der Waals surface area contributed by atoms with Gasteiger partial charge < -0.3 is 15.0 Å². The number of carbonyl (C=O) groups excluding carboxylic acids is 1. The van der Waals surface area contributed by atoms with Gasteiger partial charge in [0.25, 0.3) is 0 Å². The first-order valence-corrected chi connectivity index (χ1v) is 8.57. The number of nitrogens with one attached hydrogen (secondary N) is 1. The van der Waals surface area contributed by atoms with Gasteiger partial charge in [0.15, 0.2) is 0 Å². The maximum atomic E-state index is 12.0. The summed E-state index contributed by atoms with van der Waals surface area (Å²) in [5, 5.41) is 3.44. The quantitative estimate of drug-likeness (QED) is 0.831. The third-order valence-electron chi connectivity index (χ3n) is 4.22. The van der Waals surface area contributed by atoms with Gasteiger partial charge in [-0.2, -0.15) is 11.8 Å². The lowest BCUT2D eigenvalue weighted by Gasteiger charge is -2.38. The van der Waals surface area contributed by atoms with Gasteiger partial charge in [-0.15, -0.1) is 0 Å². The van der Waals surface area contributed by atoms with Crippen LogP contribution in [-0.2, 0) is 9.53 Å². The summed E-state index contributed by atoms with van der Waals surface area (Å²) < 4.78 is 6.00. The minimum absolute atomic E-state index is 0.0961. The Labute approximate surface area is 120 Å². The molecule has 0 aromatic carbocycles. The first kappa shape index (κ1) is 15.1. The van der Waals surface area contributed by atoms with Crippen LogP contribution in [-0.4, -0.2) is 60.2 Å². The van der Waals surface area contributed by atoms with Crippen molar-refractivity contribution in [2.24, 2.45) is 0 Å². The lowest BCUT2D eigenvalue weighted by Crippen LogP contribution is -2.49. The maximum Gasteiger partial charge on any atom is 0.236 e. The van der Waals surface area contributed by atoms with Crippen LogP contribution in [0.2, 0.25) is 0 Å². The van der Waals surface area contributed by atoms with Crippen LogP contribution in [0, 0.1) is 0 Å². The Hall–Kier alpha value is -0.260. The van der Waals surface area contributed by atoms with Gasteiger partial charge in [0.1, 0.15) is 0 Å². The molecule has 1 spiro atoms. The highest BCUT2D eigenvalue weighted by atomic mass is 32.2. The highest BCUT2D eigenvalue weighted by molar-refractivity contribution is 7.99. The highest BCUT2D eigenvalue weighted by Gasteiger charge is 2.40. The fraction of sp³-hybridized carbons (Fsp3) is 0.929. The standard InChI is InChI=1S/C14H26N2O2S/c1-3-16(4-2)13(17)10-15-12-5-7-18-14(9-12)6-8-19-11-14/h12,15H,3-11H2,1-2H3. The number of likely N-dealkylation sites (N-methyl/N-ethyl adjacent to an activating group) is 1. The van der Waals surface area contributed by atoms with Gasteiger partial charge in [0, 0.05) is 31.5 Å². The Bertz CT molecular complexity index is 302. The number of hydrogen-bond donors (Lipinski definition) is 1. The molecule has 2 heterocycles. The molecule has 0 radical (unpaired) electrons. The fourth-order valence-electron chi connectivity index (χ4n) is 2.99. The second-order valence-corrected chi connectivity index (χ2v) is 6.58. The van der Waals surface area contributed by atoms with Crippen LogP contribution in [0.5, 0.6) is 0 Å². The van der Waals surface area contributed by atoms with Crippen molar-refractivity contribution in [1.82, 2.24) is 10.2 Å². The van der Waals surface area contributed by atoms with Gasteiger partial charge in [-0.25, -0.2) is 0 Å². The van der Waals surface area contributed by atoms with Crippen molar-refractivity contribution >= 4 is 17.7 Å². The Balaban J connectivity index is 1.78. The molecule has 5 heteroatoms. The Morgan fingerprint density at radius 3 is 2.89 bits per heavy atom. The zero-order valence-corrected chi connectivity index (χ0v) is 12.9. The summed E-state index contributed by atoms with van der Waals surface area (Å²) >= 11 is 1.99. The van der Waals surface area contributed by atoms with E-state index in [-0.39, 0.29) is 11.5 Å². The summed E-state index contributed by atoms with van der Waals surface area (Å²) in [6, 6.07) is 0.437. The molecule has 2 atom stereocenters. The minimum Gasteiger partial charge on any atom is -0.374 e. The van der Waals surface area contributed by atoms with E-state index in [1.165, 1.54) is 12.2 Å². The van der Waals surface area contributed by atoms with Crippen LogP contribution in [0.15, 0.2) is 0 Å². The second-order valence-electron chi connectivity index (χ2n) is 5.47. The topological polar surface area (TPSA) is 41.6 Å². The Kier molecular flexibility index (Phi) is 5.54. The molecule has 2 rings (SSSR count). The predicted octanol–water partition coefficient (Wildman–Crippen LogP) is 1.50. The third-order valence-corrected chi connectivity index (χ3v) is 5.44.